The van der Waals surface area contributed by atoms with Crippen molar-refractivity contribution >= 4 is 0 Å². The van der Waals surface area contributed by atoms with Gasteiger partial charge in [0.25, 0.3) is 0 Å². The molecule has 0 aromatic heterocycles. The minimum absolute atomic E-state index is 0.422. The monoisotopic (exact) mass is 225 g/mol. The van der Waals surface area contributed by atoms with Crippen molar-refractivity contribution in [3.05, 3.63) is 0 Å². The predicted molar refractivity (Wildman–Crippen MR) is 62.5 cm³/mol. The summed E-state index contributed by atoms with van der Waals surface area (Å²) >= 11 is 0. The van der Waals surface area contributed by atoms with E-state index in [4.69, 9.17) is 9.47 Å². The van der Waals surface area contributed by atoms with E-state index in [9.17, 15) is 0 Å². The second-order valence-electron chi connectivity index (χ2n) is 5.49. The van der Waals surface area contributed by atoms with Gasteiger partial charge in [-0.15, -0.1) is 0 Å². The summed E-state index contributed by atoms with van der Waals surface area (Å²) in [5, 5.41) is 0. The zero-order valence-corrected chi connectivity index (χ0v) is 10.1. The molecule has 0 aliphatic carbocycles. The minimum atomic E-state index is 0.422. The van der Waals surface area contributed by atoms with E-state index in [1.807, 2.05) is 0 Å². The van der Waals surface area contributed by atoms with Crippen molar-refractivity contribution < 1.29 is 9.47 Å². The molecule has 16 heavy (non-hydrogen) atoms. The lowest BCUT2D eigenvalue weighted by molar-refractivity contribution is 0.000764. The highest BCUT2D eigenvalue weighted by Gasteiger charge is 2.33. The fourth-order valence-corrected chi connectivity index (χ4v) is 3.29. The van der Waals surface area contributed by atoms with Gasteiger partial charge in [0.2, 0.25) is 0 Å². The number of ether oxygens (including phenoxy) is 2. The van der Waals surface area contributed by atoms with Gasteiger partial charge < -0.3 is 14.4 Å². The molecule has 0 spiro atoms. The standard InChI is InChI=1S/C13H23NO2/c1-2-6-14-7-3-4-11(13(14)5-1)8-15-9-12-10-16-12/h11-13H,1-10H2/t11-,12+,13-/m1/s1. The Bertz CT molecular complexity index is 228. The van der Waals surface area contributed by atoms with Gasteiger partial charge >= 0.3 is 0 Å². The number of rotatable bonds is 4. The maximum absolute atomic E-state index is 5.79. The Morgan fingerprint density at radius 1 is 1.06 bits per heavy atom. The summed E-state index contributed by atoms with van der Waals surface area (Å²) in [5.41, 5.74) is 0. The summed E-state index contributed by atoms with van der Waals surface area (Å²) < 4.78 is 11.0. The molecule has 0 N–H and O–H groups in total. The number of hydrogen-bond donors (Lipinski definition) is 0. The second kappa shape index (κ2) is 5.03. The summed E-state index contributed by atoms with van der Waals surface area (Å²) in [6.07, 6.45) is 7.38. The number of hydrogen-bond acceptors (Lipinski definition) is 3. The number of nitrogens with zero attached hydrogens (tertiary/aromatic N) is 1. The summed E-state index contributed by atoms with van der Waals surface area (Å²) in [5.74, 6) is 0.785. The first-order chi connectivity index (χ1) is 7.93. The zero-order valence-electron chi connectivity index (χ0n) is 10.1. The smallest absolute Gasteiger partial charge is 0.104 e. The molecule has 3 saturated heterocycles. The van der Waals surface area contributed by atoms with Crippen LogP contribution in [0, 0.1) is 5.92 Å². The first kappa shape index (κ1) is 11.0. The summed E-state index contributed by atoms with van der Waals surface area (Å²) in [7, 11) is 0. The highest BCUT2D eigenvalue weighted by Crippen LogP contribution is 2.31. The first-order valence-corrected chi connectivity index (χ1v) is 6.87. The summed E-state index contributed by atoms with van der Waals surface area (Å²) in [4.78, 5) is 2.70. The van der Waals surface area contributed by atoms with Gasteiger partial charge in [-0.3, -0.25) is 0 Å². The maximum Gasteiger partial charge on any atom is 0.104 e. The molecule has 0 amide bonds. The first-order valence-electron chi connectivity index (χ1n) is 6.87. The third-order valence-electron chi connectivity index (χ3n) is 4.27. The van der Waals surface area contributed by atoms with E-state index in [0.717, 1.165) is 31.8 Å². The van der Waals surface area contributed by atoms with Crippen LogP contribution in [0.25, 0.3) is 0 Å². The molecule has 0 saturated carbocycles. The van der Waals surface area contributed by atoms with E-state index in [-0.39, 0.29) is 0 Å². The van der Waals surface area contributed by atoms with Gasteiger partial charge in [0.1, 0.15) is 6.10 Å². The molecule has 0 aromatic rings. The minimum Gasteiger partial charge on any atom is -0.378 e. The van der Waals surface area contributed by atoms with Crippen molar-refractivity contribution in [1.29, 1.82) is 0 Å². The quantitative estimate of drug-likeness (QED) is 0.680. The molecule has 0 unspecified atom stereocenters. The fourth-order valence-electron chi connectivity index (χ4n) is 3.29. The molecule has 0 aromatic carbocycles. The maximum atomic E-state index is 5.79. The molecule has 3 heteroatoms. The van der Waals surface area contributed by atoms with Crippen LogP contribution in [0.3, 0.4) is 0 Å². The Balaban J connectivity index is 1.47. The van der Waals surface area contributed by atoms with Crippen molar-refractivity contribution in [2.45, 2.75) is 44.2 Å². The van der Waals surface area contributed by atoms with E-state index in [1.165, 1.54) is 45.2 Å². The molecular weight excluding hydrogens is 202 g/mol. The largest absolute Gasteiger partial charge is 0.378 e. The van der Waals surface area contributed by atoms with Crippen LogP contribution < -0.4 is 0 Å². The topological polar surface area (TPSA) is 25.0 Å². The van der Waals surface area contributed by atoms with Crippen LogP contribution in [0.4, 0.5) is 0 Å². The highest BCUT2D eigenvalue weighted by atomic mass is 16.6. The van der Waals surface area contributed by atoms with Crippen LogP contribution in [0.2, 0.25) is 0 Å². The Hall–Kier alpha value is -0.120. The van der Waals surface area contributed by atoms with Gasteiger partial charge in [-0.2, -0.15) is 0 Å². The molecule has 3 aliphatic heterocycles. The van der Waals surface area contributed by atoms with Crippen molar-refractivity contribution in [2.24, 2.45) is 5.92 Å². The van der Waals surface area contributed by atoms with Crippen LogP contribution in [0.5, 0.6) is 0 Å². The van der Waals surface area contributed by atoms with E-state index in [1.54, 1.807) is 0 Å². The van der Waals surface area contributed by atoms with E-state index in [0.29, 0.717) is 6.10 Å². The van der Waals surface area contributed by atoms with Gasteiger partial charge in [0, 0.05) is 6.04 Å². The number of piperidine rings is 2. The Labute approximate surface area is 98.1 Å². The van der Waals surface area contributed by atoms with Crippen LogP contribution in [-0.2, 0) is 9.47 Å². The molecule has 3 atom stereocenters. The van der Waals surface area contributed by atoms with E-state index >= 15 is 0 Å². The van der Waals surface area contributed by atoms with Crippen molar-refractivity contribution in [1.82, 2.24) is 4.90 Å². The van der Waals surface area contributed by atoms with E-state index in [2.05, 4.69) is 4.90 Å². The van der Waals surface area contributed by atoms with Crippen molar-refractivity contribution in [2.75, 3.05) is 32.9 Å². The molecule has 3 heterocycles. The third kappa shape index (κ3) is 2.58. The van der Waals surface area contributed by atoms with Crippen molar-refractivity contribution in [3.63, 3.8) is 0 Å². The Morgan fingerprint density at radius 3 is 2.81 bits per heavy atom. The van der Waals surface area contributed by atoms with Crippen LogP contribution >= 0.6 is 0 Å². The SMILES string of the molecule is C1CCN2CCC[C@H](COC[C@H]3CO3)[C@H]2C1. The molecule has 0 radical (unpaired) electrons. The lowest BCUT2D eigenvalue weighted by atomic mass is 9.84. The fraction of sp³-hybridized carbons (Fsp3) is 1.00. The predicted octanol–water partition coefficient (Wildman–Crippen LogP) is 1.67. The molecule has 3 rings (SSSR count). The third-order valence-corrected chi connectivity index (χ3v) is 4.27. The van der Waals surface area contributed by atoms with Crippen molar-refractivity contribution in [3.8, 4) is 0 Å². The molecule has 0 bridgehead atoms. The second-order valence-corrected chi connectivity index (χ2v) is 5.49. The van der Waals surface area contributed by atoms with Gasteiger partial charge in [-0.05, 0) is 44.7 Å². The molecular formula is C13H23NO2. The van der Waals surface area contributed by atoms with Crippen LogP contribution in [-0.4, -0.2) is 50.0 Å². The zero-order chi connectivity index (χ0) is 10.8. The van der Waals surface area contributed by atoms with Gasteiger partial charge in [-0.25, -0.2) is 0 Å². The summed E-state index contributed by atoms with van der Waals surface area (Å²) in [6, 6.07) is 0.822. The molecule has 3 nitrogen and oxygen atoms in total. The van der Waals surface area contributed by atoms with Gasteiger partial charge in [0.15, 0.2) is 0 Å². The highest BCUT2D eigenvalue weighted by molar-refractivity contribution is 4.87. The number of fused-ring (bicyclic) bond motifs is 1. The lowest BCUT2D eigenvalue weighted by Gasteiger charge is -2.44. The normalized spacial score (nSPS) is 39.4. The Kier molecular flexibility index (Phi) is 3.46. The lowest BCUT2D eigenvalue weighted by Crippen LogP contribution is -2.49. The van der Waals surface area contributed by atoms with Crippen LogP contribution in [0.15, 0.2) is 0 Å². The molecule has 3 fully saturated rings. The van der Waals surface area contributed by atoms with Gasteiger partial charge in [-0.1, -0.05) is 6.42 Å². The Morgan fingerprint density at radius 2 is 1.94 bits per heavy atom. The van der Waals surface area contributed by atoms with Gasteiger partial charge in [0.05, 0.1) is 19.8 Å². The van der Waals surface area contributed by atoms with Crippen LogP contribution in [0.1, 0.15) is 32.1 Å². The molecule has 92 valence electrons. The molecule has 3 aliphatic rings. The summed E-state index contributed by atoms with van der Waals surface area (Å²) in [6.45, 7) is 5.35. The average Bonchev–Trinajstić information content (AvgIpc) is 3.13. The van der Waals surface area contributed by atoms with E-state index < -0.39 is 0 Å². The average molecular weight is 225 g/mol. The number of epoxide rings is 1.